The van der Waals surface area contributed by atoms with E-state index in [9.17, 15) is 4.79 Å². The van der Waals surface area contributed by atoms with Gasteiger partial charge in [-0.1, -0.05) is 0 Å². The van der Waals surface area contributed by atoms with E-state index in [4.69, 9.17) is 5.11 Å². The van der Waals surface area contributed by atoms with Crippen molar-refractivity contribution in [2.45, 2.75) is 6.92 Å². The second-order valence-electron chi connectivity index (χ2n) is 1.67. The van der Waals surface area contributed by atoms with Crippen LogP contribution in [-0.4, -0.2) is 21.0 Å². The molecule has 9 heavy (non-hydrogen) atoms. The van der Waals surface area contributed by atoms with Gasteiger partial charge in [0.2, 0.25) is 0 Å². The number of aryl methyl sites for hydroxylation is 1. The molecule has 1 aromatic heterocycles. The Kier molecular flexibility index (Phi) is 1.22. The van der Waals surface area contributed by atoms with Gasteiger partial charge in [-0.25, -0.2) is 4.79 Å². The molecule has 4 heteroatoms. The fourth-order valence-electron chi connectivity index (χ4n) is 0.570. The molecule has 0 fully saturated rings. The summed E-state index contributed by atoms with van der Waals surface area (Å²) in [7, 11) is 0. The zero-order valence-corrected chi connectivity index (χ0v) is 4.90. The van der Waals surface area contributed by atoms with Gasteiger partial charge in [-0.15, -0.1) is 0 Å². The van der Waals surface area contributed by atoms with Crippen molar-refractivity contribution in [3.63, 3.8) is 0 Å². The SMILES string of the molecule is Cc1ccnn1C(=O)O. The number of hydrogen-bond acceptors (Lipinski definition) is 2. The van der Waals surface area contributed by atoms with E-state index in [1.165, 1.54) is 6.20 Å². The second-order valence-corrected chi connectivity index (χ2v) is 1.67. The predicted molar refractivity (Wildman–Crippen MR) is 30.4 cm³/mol. The molecule has 0 spiro atoms. The Morgan fingerprint density at radius 3 is 2.78 bits per heavy atom. The van der Waals surface area contributed by atoms with E-state index >= 15 is 0 Å². The van der Waals surface area contributed by atoms with E-state index in [2.05, 4.69) is 5.10 Å². The molecule has 0 radical (unpaired) electrons. The molecule has 0 saturated carbocycles. The molecule has 1 N–H and O–H groups in total. The maximum absolute atomic E-state index is 10.2. The first-order valence-corrected chi connectivity index (χ1v) is 2.46. The molecule has 0 aliphatic heterocycles. The lowest BCUT2D eigenvalue weighted by Gasteiger charge is -1.91. The summed E-state index contributed by atoms with van der Waals surface area (Å²) in [6.07, 6.45) is 0.404. The Labute approximate surface area is 51.7 Å². The van der Waals surface area contributed by atoms with Gasteiger partial charge in [0.25, 0.3) is 0 Å². The molecule has 4 nitrogen and oxygen atoms in total. The maximum Gasteiger partial charge on any atom is 0.432 e. The third-order valence-corrected chi connectivity index (χ3v) is 1.01. The van der Waals surface area contributed by atoms with E-state index in [0.29, 0.717) is 5.69 Å². The molecule has 1 aromatic rings. The number of carboxylic acid groups (broad SMARTS) is 1. The summed E-state index contributed by atoms with van der Waals surface area (Å²) in [4.78, 5) is 10.2. The molecule has 0 bridgehead atoms. The molecule has 0 aromatic carbocycles. The van der Waals surface area contributed by atoms with Gasteiger partial charge < -0.3 is 5.11 Å². The summed E-state index contributed by atoms with van der Waals surface area (Å²) < 4.78 is 0.917. The second kappa shape index (κ2) is 1.89. The quantitative estimate of drug-likeness (QED) is 0.557. The highest BCUT2D eigenvalue weighted by Crippen LogP contribution is 1.93. The van der Waals surface area contributed by atoms with Gasteiger partial charge in [-0.2, -0.15) is 9.78 Å². The van der Waals surface area contributed by atoms with Crippen LogP contribution in [0.1, 0.15) is 5.69 Å². The summed E-state index contributed by atoms with van der Waals surface area (Å²) in [5, 5.41) is 11.9. The van der Waals surface area contributed by atoms with Crippen LogP contribution in [0.4, 0.5) is 4.79 Å². The Balaban J connectivity index is 3.08. The maximum atomic E-state index is 10.2. The van der Waals surface area contributed by atoms with Gasteiger partial charge in [-0.3, -0.25) is 0 Å². The zero-order valence-electron chi connectivity index (χ0n) is 4.90. The Bertz CT molecular complexity index is 229. The first kappa shape index (κ1) is 5.81. The molecule has 0 amide bonds. The van der Waals surface area contributed by atoms with Crippen LogP contribution in [0, 0.1) is 6.92 Å². The normalized spacial score (nSPS) is 9.44. The Morgan fingerprint density at radius 1 is 1.89 bits per heavy atom. The monoisotopic (exact) mass is 126 g/mol. The lowest BCUT2D eigenvalue weighted by molar-refractivity contribution is 0.192. The van der Waals surface area contributed by atoms with Crippen molar-refractivity contribution in [1.82, 2.24) is 9.78 Å². The molecule has 48 valence electrons. The van der Waals surface area contributed by atoms with Crippen molar-refractivity contribution in [3.05, 3.63) is 18.0 Å². The minimum Gasteiger partial charge on any atom is -0.463 e. The first-order valence-electron chi connectivity index (χ1n) is 2.46. The van der Waals surface area contributed by atoms with Gasteiger partial charge in [-0.05, 0) is 13.0 Å². The molecular weight excluding hydrogens is 120 g/mol. The number of aromatic nitrogens is 2. The number of nitrogens with zero attached hydrogens (tertiary/aromatic N) is 2. The molecule has 0 aliphatic carbocycles. The average Bonchev–Trinajstić information content (AvgIpc) is 2.13. The topological polar surface area (TPSA) is 55.1 Å². The van der Waals surface area contributed by atoms with Crippen LogP contribution in [0.5, 0.6) is 0 Å². The lowest BCUT2D eigenvalue weighted by atomic mass is 10.5. The lowest BCUT2D eigenvalue weighted by Crippen LogP contribution is -2.10. The fraction of sp³-hybridized carbons (Fsp3) is 0.200. The van der Waals surface area contributed by atoms with Crippen molar-refractivity contribution in [2.75, 3.05) is 0 Å². The van der Waals surface area contributed by atoms with Crippen LogP contribution >= 0.6 is 0 Å². The third-order valence-electron chi connectivity index (χ3n) is 1.01. The zero-order chi connectivity index (χ0) is 6.85. The minimum absolute atomic E-state index is 0.627. The highest BCUT2D eigenvalue weighted by atomic mass is 16.4. The molecule has 0 saturated heterocycles. The highest BCUT2D eigenvalue weighted by Gasteiger charge is 2.01. The summed E-state index contributed by atoms with van der Waals surface area (Å²) in [6, 6.07) is 1.63. The van der Waals surface area contributed by atoms with Crippen LogP contribution < -0.4 is 0 Å². The molecule has 1 heterocycles. The van der Waals surface area contributed by atoms with Gasteiger partial charge in [0, 0.05) is 11.9 Å². The number of hydrogen-bond donors (Lipinski definition) is 1. The van der Waals surface area contributed by atoms with Crippen LogP contribution in [0.3, 0.4) is 0 Å². The van der Waals surface area contributed by atoms with Crippen molar-refractivity contribution >= 4 is 6.09 Å². The molecular formula is C5H6N2O2. The first-order chi connectivity index (χ1) is 4.22. The van der Waals surface area contributed by atoms with E-state index in [-0.39, 0.29) is 0 Å². The van der Waals surface area contributed by atoms with Crippen LogP contribution in [-0.2, 0) is 0 Å². The van der Waals surface area contributed by atoms with E-state index in [1.54, 1.807) is 13.0 Å². The smallest absolute Gasteiger partial charge is 0.432 e. The van der Waals surface area contributed by atoms with Crippen LogP contribution in [0.25, 0.3) is 0 Å². The summed E-state index contributed by atoms with van der Waals surface area (Å²) in [5.41, 5.74) is 0.627. The fourth-order valence-corrected chi connectivity index (χ4v) is 0.570. The standard InChI is InChI=1S/C5H6N2O2/c1-4-2-3-6-7(4)5(8)9/h2-3H,1H3,(H,8,9). The minimum atomic E-state index is -1.04. The van der Waals surface area contributed by atoms with Crippen molar-refractivity contribution in [2.24, 2.45) is 0 Å². The predicted octanol–water partition coefficient (Wildman–Crippen LogP) is 0.718. The summed E-state index contributed by atoms with van der Waals surface area (Å²) in [5.74, 6) is 0. The molecule has 0 unspecified atom stereocenters. The summed E-state index contributed by atoms with van der Waals surface area (Å²) >= 11 is 0. The Hall–Kier alpha value is -1.32. The van der Waals surface area contributed by atoms with Crippen LogP contribution in [0.2, 0.25) is 0 Å². The van der Waals surface area contributed by atoms with Crippen molar-refractivity contribution in [3.8, 4) is 0 Å². The van der Waals surface area contributed by atoms with Crippen molar-refractivity contribution in [1.29, 1.82) is 0 Å². The molecule has 0 aliphatic rings. The number of rotatable bonds is 0. The third kappa shape index (κ3) is 0.910. The number of carbonyl (C=O) groups is 1. The van der Waals surface area contributed by atoms with E-state index < -0.39 is 6.09 Å². The summed E-state index contributed by atoms with van der Waals surface area (Å²) in [6.45, 7) is 1.68. The average molecular weight is 126 g/mol. The largest absolute Gasteiger partial charge is 0.463 e. The Morgan fingerprint density at radius 2 is 2.56 bits per heavy atom. The van der Waals surface area contributed by atoms with E-state index in [0.717, 1.165) is 4.68 Å². The van der Waals surface area contributed by atoms with Gasteiger partial charge in [0.1, 0.15) is 0 Å². The van der Waals surface area contributed by atoms with Gasteiger partial charge in [0.05, 0.1) is 0 Å². The van der Waals surface area contributed by atoms with Crippen molar-refractivity contribution < 1.29 is 9.90 Å². The van der Waals surface area contributed by atoms with Gasteiger partial charge in [0.15, 0.2) is 0 Å². The molecule has 0 atom stereocenters. The van der Waals surface area contributed by atoms with Gasteiger partial charge >= 0.3 is 6.09 Å². The molecule has 1 rings (SSSR count). The van der Waals surface area contributed by atoms with E-state index in [1.807, 2.05) is 0 Å². The highest BCUT2D eigenvalue weighted by molar-refractivity contribution is 5.67. The van der Waals surface area contributed by atoms with Crippen LogP contribution in [0.15, 0.2) is 12.3 Å².